The quantitative estimate of drug-likeness (QED) is 0.773. The molecule has 0 saturated carbocycles. The van der Waals surface area contributed by atoms with Crippen LogP contribution in [0.15, 0.2) is 47.2 Å². The zero-order valence-electron chi connectivity index (χ0n) is 12.5. The van der Waals surface area contributed by atoms with Gasteiger partial charge in [-0.25, -0.2) is 0 Å². The lowest BCUT2D eigenvalue weighted by Gasteiger charge is -2.31. The fourth-order valence-corrected chi connectivity index (χ4v) is 2.54. The van der Waals surface area contributed by atoms with Crippen molar-refractivity contribution in [1.82, 2.24) is 9.80 Å². The van der Waals surface area contributed by atoms with E-state index >= 15 is 0 Å². The second-order valence-corrected chi connectivity index (χ2v) is 5.52. The van der Waals surface area contributed by atoms with E-state index in [4.69, 9.17) is 0 Å². The third-order valence-corrected chi connectivity index (χ3v) is 3.91. The molecule has 0 bridgehead atoms. The second-order valence-electron chi connectivity index (χ2n) is 5.52. The van der Waals surface area contributed by atoms with Gasteiger partial charge in [0.15, 0.2) is 0 Å². The predicted molar refractivity (Wildman–Crippen MR) is 84.2 cm³/mol. The summed E-state index contributed by atoms with van der Waals surface area (Å²) in [6, 6.07) is 9.55. The number of amides is 1. The van der Waals surface area contributed by atoms with Gasteiger partial charge in [-0.15, -0.1) is 0 Å². The summed E-state index contributed by atoms with van der Waals surface area (Å²) in [4.78, 5) is 17.1. The lowest BCUT2D eigenvalue weighted by Crippen LogP contribution is -2.42. The number of hydrogen-bond acceptors (Lipinski definition) is 4. The SMILES string of the molecule is CC1=NN(c2ccccc2)C(=O)/C1=C/N1CCN(C)CC1. The van der Waals surface area contributed by atoms with Crippen molar-refractivity contribution in [3.05, 3.63) is 42.1 Å². The van der Waals surface area contributed by atoms with E-state index in [1.54, 1.807) is 0 Å². The van der Waals surface area contributed by atoms with Gasteiger partial charge in [-0.1, -0.05) is 18.2 Å². The molecule has 3 rings (SSSR count). The number of piperazine rings is 1. The molecule has 0 aliphatic carbocycles. The predicted octanol–water partition coefficient (Wildman–Crippen LogP) is 1.54. The summed E-state index contributed by atoms with van der Waals surface area (Å²) in [5, 5.41) is 5.88. The highest BCUT2D eigenvalue weighted by atomic mass is 16.2. The summed E-state index contributed by atoms with van der Waals surface area (Å²) >= 11 is 0. The summed E-state index contributed by atoms with van der Waals surface area (Å²) in [6.45, 7) is 5.84. The molecule has 0 unspecified atom stereocenters. The number of benzene rings is 1. The van der Waals surface area contributed by atoms with E-state index in [1.807, 2.05) is 43.5 Å². The first-order chi connectivity index (χ1) is 10.1. The Hall–Kier alpha value is -2.14. The maximum absolute atomic E-state index is 12.6. The van der Waals surface area contributed by atoms with Crippen LogP contribution in [0.3, 0.4) is 0 Å². The highest BCUT2D eigenvalue weighted by Crippen LogP contribution is 2.23. The smallest absolute Gasteiger partial charge is 0.282 e. The van der Waals surface area contributed by atoms with Crippen LogP contribution in [-0.2, 0) is 4.79 Å². The van der Waals surface area contributed by atoms with Crippen LogP contribution < -0.4 is 5.01 Å². The largest absolute Gasteiger partial charge is 0.374 e. The molecule has 0 aromatic heterocycles. The molecule has 5 nitrogen and oxygen atoms in total. The number of nitrogens with zero attached hydrogens (tertiary/aromatic N) is 4. The van der Waals surface area contributed by atoms with Gasteiger partial charge in [0.1, 0.15) is 0 Å². The molecule has 0 radical (unpaired) electrons. The number of hydrogen-bond donors (Lipinski definition) is 0. The maximum Gasteiger partial charge on any atom is 0.282 e. The van der Waals surface area contributed by atoms with Crippen molar-refractivity contribution in [1.29, 1.82) is 0 Å². The van der Waals surface area contributed by atoms with Crippen molar-refractivity contribution in [3.8, 4) is 0 Å². The van der Waals surface area contributed by atoms with Crippen LogP contribution >= 0.6 is 0 Å². The Bertz CT molecular complexity index is 586. The van der Waals surface area contributed by atoms with Crippen molar-refractivity contribution in [2.45, 2.75) is 6.92 Å². The molecule has 0 spiro atoms. The van der Waals surface area contributed by atoms with E-state index in [1.165, 1.54) is 5.01 Å². The first kappa shape index (κ1) is 13.8. The number of carbonyl (C=O) groups excluding carboxylic acids is 1. The molecule has 1 amide bonds. The Morgan fingerprint density at radius 2 is 1.76 bits per heavy atom. The zero-order chi connectivity index (χ0) is 14.8. The van der Waals surface area contributed by atoms with Crippen molar-refractivity contribution < 1.29 is 4.79 Å². The van der Waals surface area contributed by atoms with Gasteiger partial charge in [0.2, 0.25) is 0 Å². The van der Waals surface area contributed by atoms with Crippen molar-refractivity contribution >= 4 is 17.3 Å². The van der Waals surface area contributed by atoms with Crippen molar-refractivity contribution in [2.24, 2.45) is 5.10 Å². The Balaban J connectivity index is 1.79. The van der Waals surface area contributed by atoms with E-state index in [-0.39, 0.29) is 5.91 Å². The van der Waals surface area contributed by atoms with Gasteiger partial charge in [0.05, 0.1) is 17.0 Å². The van der Waals surface area contributed by atoms with Gasteiger partial charge in [-0.3, -0.25) is 4.79 Å². The van der Waals surface area contributed by atoms with Crippen LogP contribution in [0.5, 0.6) is 0 Å². The fourth-order valence-electron chi connectivity index (χ4n) is 2.54. The van der Waals surface area contributed by atoms with E-state index in [2.05, 4.69) is 21.9 Å². The van der Waals surface area contributed by atoms with Crippen molar-refractivity contribution in [3.63, 3.8) is 0 Å². The third-order valence-electron chi connectivity index (χ3n) is 3.91. The number of likely N-dealkylation sites (N-methyl/N-ethyl adjacent to an activating group) is 1. The third kappa shape index (κ3) is 2.83. The molecular weight excluding hydrogens is 264 g/mol. The molecule has 110 valence electrons. The van der Waals surface area contributed by atoms with Gasteiger partial charge in [0.25, 0.3) is 5.91 Å². The van der Waals surface area contributed by atoms with Crippen LogP contribution in [0.2, 0.25) is 0 Å². The minimum absolute atomic E-state index is 0.0439. The number of anilines is 1. The second kappa shape index (κ2) is 5.69. The molecule has 1 aromatic rings. The van der Waals surface area contributed by atoms with Gasteiger partial charge in [-0.2, -0.15) is 10.1 Å². The molecule has 0 atom stereocenters. The number of rotatable bonds is 2. The summed E-state index contributed by atoms with van der Waals surface area (Å²) < 4.78 is 0. The molecule has 5 heteroatoms. The molecule has 2 aliphatic rings. The Morgan fingerprint density at radius 3 is 2.43 bits per heavy atom. The number of hydrazone groups is 1. The van der Waals surface area contributed by atoms with E-state index in [0.29, 0.717) is 5.57 Å². The Labute approximate surface area is 125 Å². The molecule has 21 heavy (non-hydrogen) atoms. The normalized spacial score (nSPS) is 22.1. The summed E-state index contributed by atoms with van der Waals surface area (Å²) in [5.41, 5.74) is 2.29. The molecule has 2 heterocycles. The summed E-state index contributed by atoms with van der Waals surface area (Å²) in [7, 11) is 2.12. The minimum atomic E-state index is -0.0439. The van der Waals surface area contributed by atoms with Crippen LogP contribution in [0.1, 0.15) is 6.92 Å². The summed E-state index contributed by atoms with van der Waals surface area (Å²) in [5.74, 6) is -0.0439. The fraction of sp³-hybridized carbons (Fsp3) is 0.375. The van der Waals surface area contributed by atoms with Gasteiger partial charge < -0.3 is 9.80 Å². The zero-order valence-corrected chi connectivity index (χ0v) is 12.5. The van der Waals surface area contributed by atoms with E-state index < -0.39 is 0 Å². The lowest BCUT2D eigenvalue weighted by molar-refractivity contribution is -0.114. The average Bonchev–Trinajstić information content (AvgIpc) is 2.78. The maximum atomic E-state index is 12.6. The average molecular weight is 284 g/mol. The molecule has 2 aliphatic heterocycles. The first-order valence-electron chi connectivity index (χ1n) is 7.24. The van der Waals surface area contributed by atoms with Crippen LogP contribution in [0, 0.1) is 0 Å². The number of carbonyl (C=O) groups is 1. The highest BCUT2D eigenvalue weighted by molar-refractivity contribution is 6.29. The topological polar surface area (TPSA) is 39.2 Å². The molecule has 0 N–H and O–H groups in total. The van der Waals surface area contributed by atoms with E-state index in [9.17, 15) is 4.79 Å². The standard InChI is InChI=1S/C16H20N4O/c1-13-15(12-19-10-8-18(2)9-11-19)16(21)20(17-13)14-6-4-3-5-7-14/h3-7,12H,8-11H2,1-2H3/b15-12+. The van der Waals surface area contributed by atoms with Crippen LogP contribution in [0.4, 0.5) is 5.69 Å². The van der Waals surface area contributed by atoms with E-state index in [0.717, 1.165) is 37.6 Å². The Kier molecular flexibility index (Phi) is 3.75. The van der Waals surface area contributed by atoms with Crippen LogP contribution in [0.25, 0.3) is 0 Å². The minimum Gasteiger partial charge on any atom is -0.374 e. The summed E-state index contributed by atoms with van der Waals surface area (Å²) in [6.07, 6.45) is 1.97. The van der Waals surface area contributed by atoms with Gasteiger partial charge in [0, 0.05) is 32.4 Å². The highest BCUT2D eigenvalue weighted by Gasteiger charge is 2.29. The molecule has 1 fully saturated rings. The first-order valence-corrected chi connectivity index (χ1v) is 7.24. The number of para-hydroxylation sites is 1. The van der Waals surface area contributed by atoms with Gasteiger partial charge >= 0.3 is 0 Å². The lowest BCUT2D eigenvalue weighted by atomic mass is 10.2. The molecule has 1 aromatic carbocycles. The van der Waals surface area contributed by atoms with Crippen LogP contribution in [-0.4, -0.2) is 54.6 Å². The van der Waals surface area contributed by atoms with Crippen molar-refractivity contribution in [2.75, 3.05) is 38.2 Å². The van der Waals surface area contributed by atoms with Gasteiger partial charge in [-0.05, 0) is 26.1 Å². The monoisotopic (exact) mass is 284 g/mol. The Morgan fingerprint density at radius 1 is 1.10 bits per heavy atom. The molecular formula is C16H20N4O. The molecule has 1 saturated heterocycles.